The van der Waals surface area contributed by atoms with Crippen molar-refractivity contribution in [1.29, 1.82) is 0 Å². The quantitative estimate of drug-likeness (QED) is 0.599. The SMILES string of the molecule is CNCc1ccc(SSCCC(C)=O)cc1. The molecule has 0 spiro atoms. The minimum atomic E-state index is 0.262. The lowest BCUT2D eigenvalue weighted by Crippen LogP contribution is -2.04. The molecule has 2 nitrogen and oxygen atoms in total. The fraction of sp³-hybridized carbons (Fsp3) is 0.417. The number of carbonyl (C=O) groups is 1. The molecule has 1 rings (SSSR count). The van der Waals surface area contributed by atoms with Crippen LogP contribution in [0.2, 0.25) is 0 Å². The van der Waals surface area contributed by atoms with Crippen LogP contribution in [0, 0.1) is 0 Å². The van der Waals surface area contributed by atoms with E-state index in [1.807, 2.05) is 7.05 Å². The van der Waals surface area contributed by atoms with Crippen LogP contribution < -0.4 is 5.32 Å². The van der Waals surface area contributed by atoms with Gasteiger partial charge in [0.1, 0.15) is 5.78 Å². The molecule has 0 saturated carbocycles. The van der Waals surface area contributed by atoms with Crippen molar-refractivity contribution in [3.63, 3.8) is 0 Å². The first-order valence-corrected chi connectivity index (χ1v) is 7.56. The molecule has 0 saturated heterocycles. The first-order chi connectivity index (χ1) is 7.72. The summed E-state index contributed by atoms with van der Waals surface area (Å²) in [6, 6.07) is 8.50. The smallest absolute Gasteiger partial charge is 0.130 e. The van der Waals surface area contributed by atoms with Gasteiger partial charge in [-0.15, -0.1) is 0 Å². The Labute approximate surface area is 105 Å². The third kappa shape index (κ3) is 5.58. The van der Waals surface area contributed by atoms with Gasteiger partial charge in [-0.1, -0.05) is 33.7 Å². The molecule has 0 aliphatic rings. The molecule has 0 amide bonds. The molecule has 16 heavy (non-hydrogen) atoms. The lowest BCUT2D eigenvalue weighted by atomic mass is 10.2. The molecule has 0 radical (unpaired) electrons. The predicted octanol–water partition coefficient (Wildman–Crippen LogP) is 3.13. The first kappa shape index (κ1) is 13.6. The molecular weight excluding hydrogens is 238 g/mol. The normalized spacial score (nSPS) is 10.4. The average Bonchev–Trinajstić information content (AvgIpc) is 2.27. The summed E-state index contributed by atoms with van der Waals surface area (Å²) in [5.41, 5.74) is 1.29. The fourth-order valence-corrected chi connectivity index (χ4v) is 3.24. The Morgan fingerprint density at radius 2 is 2.00 bits per heavy atom. The van der Waals surface area contributed by atoms with E-state index in [0.717, 1.165) is 12.3 Å². The topological polar surface area (TPSA) is 29.1 Å². The van der Waals surface area contributed by atoms with Gasteiger partial charge in [0.05, 0.1) is 0 Å². The summed E-state index contributed by atoms with van der Waals surface area (Å²) in [7, 11) is 5.41. The summed E-state index contributed by atoms with van der Waals surface area (Å²) in [5, 5.41) is 3.12. The van der Waals surface area contributed by atoms with Gasteiger partial charge in [0, 0.05) is 23.6 Å². The number of benzene rings is 1. The highest BCUT2D eigenvalue weighted by molar-refractivity contribution is 8.76. The highest BCUT2D eigenvalue weighted by Crippen LogP contribution is 2.31. The molecule has 0 fully saturated rings. The van der Waals surface area contributed by atoms with E-state index >= 15 is 0 Å². The van der Waals surface area contributed by atoms with Gasteiger partial charge in [0.15, 0.2) is 0 Å². The van der Waals surface area contributed by atoms with Crippen molar-refractivity contribution in [3.8, 4) is 0 Å². The Bertz CT molecular complexity index is 324. The van der Waals surface area contributed by atoms with Gasteiger partial charge in [-0.25, -0.2) is 0 Å². The number of nitrogens with one attached hydrogen (secondary N) is 1. The molecule has 4 heteroatoms. The van der Waals surface area contributed by atoms with Crippen molar-refractivity contribution in [2.24, 2.45) is 0 Å². The Kier molecular flexibility index (Phi) is 6.61. The number of hydrogen-bond acceptors (Lipinski definition) is 4. The molecule has 0 aromatic heterocycles. The maximum absolute atomic E-state index is 10.7. The Balaban J connectivity index is 2.29. The Hall–Kier alpha value is -0.450. The molecule has 0 aliphatic carbocycles. The van der Waals surface area contributed by atoms with Crippen molar-refractivity contribution in [2.45, 2.75) is 24.8 Å². The second kappa shape index (κ2) is 7.76. The molecule has 0 aliphatic heterocycles. The van der Waals surface area contributed by atoms with E-state index in [1.165, 1.54) is 10.5 Å². The monoisotopic (exact) mass is 255 g/mol. The average molecular weight is 255 g/mol. The summed E-state index contributed by atoms with van der Waals surface area (Å²) in [4.78, 5) is 12.0. The fourth-order valence-electron chi connectivity index (χ4n) is 1.16. The van der Waals surface area contributed by atoms with E-state index in [0.29, 0.717) is 6.42 Å². The summed E-state index contributed by atoms with van der Waals surface area (Å²) < 4.78 is 0. The van der Waals surface area contributed by atoms with Crippen LogP contribution in [-0.2, 0) is 11.3 Å². The number of rotatable bonds is 7. The van der Waals surface area contributed by atoms with E-state index in [1.54, 1.807) is 28.5 Å². The molecule has 0 heterocycles. The summed E-state index contributed by atoms with van der Waals surface area (Å²) in [6.45, 7) is 2.54. The van der Waals surface area contributed by atoms with Crippen molar-refractivity contribution in [2.75, 3.05) is 12.8 Å². The third-order valence-electron chi connectivity index (χ3n) is 2.00. The first-order valence-electron chi connectivity index (χ1n) is 5.25. The van der Waals surface area contributed by atoms with Gasteiger partial charge in [-0.3, -0.25) is 4.79 Å². The van der Waals surface area contributed by atoms with Gasteiger partial charge in [0.2, 0.25) is 0 Å². The number of hydrogen-bond donors (Lipinski definition) is 1. The van der Waals surface area contributed by atoms with Crippen LogP contribution in [-0.4, -0.2) is 18.6 Å². The molecule has 1 N–H and O–H groups in total. The van der Waals surface area contributed by atoms with Gasteiger partial charge in [0.25, 0.3) is 0 Å². The maximum Gasteiger partial charge on any atom is 0.130 e. The van der Waals surface area contributed by atoms with Crippen molar-refractivity contribution in [3.05, 3.63) is 29.8 Å². The summed E-state index contributed by atoms with van der Waals surface area (Å²) >= 11 is 0. The van der Waals surface area contributed by atoms with Crippen LogP contribution in [0.5, 0.6) is 0 Å². The van der Waals surface area contributed by atoms with E-state index in [-0.39, 0.29) is 5.78 Å². The van der Waals surface area contributed by atoms with Gasteiger partial charge < -0.3 is 5.32 Å². The van der Waals surface area contributed by atoms with E-state index in [2.05, 4.69) is 29.6 Å². The van der Waals surface area contributed by atoms with Gasteiger partial charge >= 0.3 is 0 Å². The van der Waals surface area contributed by atoms with Crippen LogP contribution in [0.25, 0.3) is 0 Å². The predicted molar refractivity (Wildman–Crippen MR) is 72.8 cm³/mol. The molecular formula is C12H17NOS2. The zero-order chi connectivity index (χ0) is 11.8. The van der Waals surface area contributed by atoms with Crippen LogP contribution in [0.4, 0.5) is 0 Å². The molecule has 1 aromatic carbocycles. The zero-order valence-electron chi connectivity index (χ0n) is 9.66. The van der Waals surface area contributed by atoms with E-state index < -0.39 is 0 Å². The standard InChI is InChI=1S/C12H17NOS2/c1-10(14)7-8-15-16-12-5-3-11(4-6-12)9-13-2/h3-6,13H,7-9H2,1-2H3. The van der Waals surface area contributed by atoms with E-state index in [9.17, 15) is 4.79 Å². The van der Waals surface area contributed by atoms with E-state index in [4.69, 9.17) is 0 Å². The number of ketones is 1. The van der Waals surface area contributed by atoms with Crippen LogP contribution >= 0.6 is 21.6 Å². The number of Topliss-reactive ketones (excluding diaryl/α,β-unsaturated/α-hetero) is 1. The van der Waals surface area contributed by atoms with Gasteiger partial charge in [-0.05, 0) is 31.7 Å². The lowest BCUT2D eigenvalue weighted by molar-refractivity contribution is -0.116. The number of carbonyl (C=O) groups excluding carboxylic acids is 1. The minimum Gasteiger partial charge on any atom is -0.316 e. The zero-order valence-corrected chi connectivity index (χ0v) is 11.3. The summed E-state index contributed by atoms with van der Waals surface area (Å²) in [6.07, 6.45) is 0.662. The van der Waals surface area contributed by atoms with Crippen molar-refractivity contribution < 1.29 is 4.79 Å². The molecule has 0 unspecified atom stereocenters. The van der Waals surface area contributed by atoms with Crippen LogP contribution in [0.3, 0.4) is 0 Å². The maximum atomic E-state index is 10.7. The Morgan fingerprint density at radius 1 is 1.31 bits per heavy atom. The highest BCUT2D eigenvalue weighted by atomic mass is 33.1. The molecule has 0 bridgehead atoms. The minimum absolute atomic E-state index is 0.262. The van der Waals surface area contributed by atoms with Crippen LogP contribution in [0.15, 0.2) is 29.2 Å². The molecule has 88 valence electrons. The van der Waals surface area contributed by atoms with Crippen LogP contribution in [0.1, 0.15) is 18.9 Å². The Morgan fingerprint density at radius 3 is 2.56 bits per heavy atom. The summed E-state index contributed by atoms with van der Waals surface area (Å²) in [5.74, 6) is 1.15. The largest absolute Gasteiger partial charge is 0.316 e. The third-order valence-corrected chi connectivity index (χ3v) is 4.38. The highest BCUT2D eigenvalue weighted by Gasteiger charge is 1.97. The van der Waals surface area contributed by atoms with Gasteiger partial charge in [-0.2, -0.15) is 0 Å². The van der Waals surface area contributed by atoms with Crippen molar-refractivity contribution in [1.82, 2.24) is 5.32 Å². The molecule has 0 atom stereocenters. The molecule has 1 aromatic rings. The van der Waals surface area contributed by atoms with Crippen molar-refractivity contribution >= 4 is 27.4 Å². The lowest BCUT2D eigenvalue weighted by Gasteiger charge is -2.02. The second-order valence-electron chi connectivity index (χ2n) is 3.53. The second-order valence-corrected chi connectivity index (χ2v) is 6.02.